The zero-order valence-electron chi connectivity index (χ0n) is 7.32. The van der Waals surface area contributed by atoms with Crippen LogP contribution in [0.5, 0.6) is 0 Å². The van der Waals surface area contributed by atoms with Crippen LogP contribution in [0.2, 0.25) is 0 Å². The third-order valence-corrected chi connectivity index (χ3v) is 1.70. The highest BCUT2D eigenvalue weighted by Gasteiger charge is 2.09. The molecule has 0 amide bonds. The largest absolute Gasteiger partial charge is 0.371 e. The van der Waals surface area contributed by atoms with E-state index in [9.17, 15) is 8.78 Å². The topological polar surface area (TPSA) is 3.24 Å². The van der Waals surface area contributed by atoms with Gasteiger partial charge in [-0.2, -0.15) is 8.78 Å². The highest BCUT2D eigenvalue weighted by Crippen LogP contribution is 2.15. The molecular weight excluding hydrogens is 148 g/mol. The van der Waals surface area contributed by atoms with E-state index in [2.05, 4.69) is 0 Å². The molecule has 0 unspecified atom stereocenters. The highest BCUT2D eigenvalue weighted by atomic mass is 19.3. The maximum absolute atomic E-state index is 12.2. The van der Waals surface area contributed by atoms with Crippen LogP contribution in [0.4, 0.5) is 8.78 Å². The fourth-order valence-electron chi connectivity index (χ4n) is 1.08. The van der Waals surface area contributed by atoms with Crippen molar-refractivity contribution in [2.75, 3.05) is 13.1 Å². The van der Waals surface area contributed by atoms with Crippen LogP contribution in [-0.4, -0.2) is 18.0 Å². The molecule has 0 aliphatic rings. The van der Waals surface area contributed by atoms with E-state index in [0.717, 1.165) is 0 Å². The van der Waals surface area contributed by atoms with E-state index in [0.29, 0.717) is 19.5 Å². The summed E-state index contributed by atoms with van der Waals surface area (Å²) in [5.74, 6) is 0. The van der Waals surface area contributed by atoms with Gasteiger partial charge < -0.3 is 4.90 Å². The van der Waals surface area contributed by atoms with Gasteiger partial charge in [-0.3, -0.25) is 0 Å². The summed E-state index contributed by atoms with van der Waals surface area (Å²) in [6.07, 6.45) is -1.14. The summed E-state index contributed by atoms with van der Waals surface area (Å²) in [4.78, 5) is 1.68. The number of halogens is 2. The Morgan fingerprint density at radius 1 is 1.09 bits per heavy atom. The minimum Gasteiger partial charge on any atom is -0.371 e. The maximum atomic E-state index is 12.2. The zero-order valence-corrected chi connectivity index (χ0v) is 7.32. The second-order valence-corrected chi connectivity index (χ2v) is 2.23. The SMILES string of the molecule is CCC(=C(F)F)N(CC)CC. The number of allylic oxidation sites excluding steroid dienone is 1. The molecule has 0 N–H and O–H groups in total. The molecule has 0 aromatic rings. The molecule has 0 rings (SSSR count). The van der Waals surface area contributed by atoms with Gasteiger partial charge in [0.2, 0.25) is 0 Å². The van der Waals surface area contributed by atoms with Crippen LogP contribution in [0.25, 0.3) is 0 Å². The molecule has 0 saturated carbocycles. The summed E-state index contributed by atoms with van der Waals surface area (Å²) in [5.41, 5.74) is 0.176. The van der Waals surface area contributed by atoms with E-state index in [1.807, 2.05) is 13.8 Å². The van der Waals surface area contributed by atoms with Crippen molar-refractivity contribution < 1.29 is 8.78 Å². The lowest BCUT2D eigenvalue weighted by molar-refractivity contribution is 0.311. The minimum atomic E-state index is -1.55. The Labute approximate surface area is 66.7 Å². The van der Waals surface area contributed by atoms with Crippen LogP contribution < -0.4 is 0 Å². The van der Waals surface area contributed by atoms with Gasteiger partial charge in [0, 0.05) is 13.1 Å². The van der Waals surface area contributed by atoms with Crippen molar-refractivity contribution in [3.8, 4) is 0 Å². The first-order valence-electron chi connectivity index (χ1n) is 3.96. The van der Waals surface area contributed by atoms with E-state index in [-0.39, 0.29) is 5.70 Å². The number of nitrogens with zero attached hydrogens (tertiary/aromatic N) is 1. The Hall–Kier alpha value is -0.600. The first kappa shape index (κ1) is 10.4. The number of hydrogen-bond donors (Lipinski definition) is 0. The fraction of sp³-hybridized carbons (Fsp3) is 0.750. The van der Waals surface area contributed by atoms with Crippen LogP contribution in [0.3, 0.4) is 0 Å². The molecule has 0 bridgehead atoms. The molecule has 3 heteroatoms. The van der Waals surface area contributed by atoms with Crippen molar-refractivity contribution >= 4 is 0 Å². The number of rotatable bonds is 4. The molecule has 0 spiro atoms. The first-order chi connectivity index (χ1) is 5.17. The van der Waals surface area contributed by atoms with Crippen molar-refractivity contribution in [1.29, 1.82) is 0 Å². The quantitative estimate of drug-likeness (QED) is 0.616. The summed E-state index contributed by atoms with van der Waals surface area (Å²) in [7, 11) is 0. The molecule has 0 radical (unpaired) electrons. The Kier molecular flexibility index (Phi) is 4.83. The van der Waals surface area contributed by atoms with Gasteiger partial charge in [0.05, 0.1) is 5.70 Å². The van der Waals surface area contributed by atoms with Gasteiger partial charge >= 0.3 is 0 Å². The molecule has 0 aliphatic carbocycles. The van der Waals surface area contributed by atoms with Gasteiger partial charge in [-0.1, -0.05) is 6.92 Å². The zero-order chi connectivity index (χ0) is 8.85. The molecule has 0 fully saturated rings. The van der Waals surface area contributed by atoms with Crippen molar-refractivity contribution in [3.05, 3.63) is 11.8 Å². The number of hydrogen-bond acceptors (Lipinski definition) is 1. The molecule has 0 saturated heterocycles. The molecule has 11 heavy (non-hydrogen) atoms. The standard InChI is InChI=1S/C8H15F2N/c1-4-7(8(9)10)11(5-2)6-3/h4-6H2,1-3H3. The van der Waals surface area contributed by atoms with Crippen LogP contribution in [0.1, 0.15) is 27.2 Å². The predicted molar refractivity (Wildman–Crippen MR) is 42.5 cm³/mol. The highest BCUT2D eigenvalue weighted by molar-refractivity contribution is 5.00. The molecule has 0 heterocycles. The van der Waals surface area contributed by atoms with Gasteiger partial charge in [0.25, 0.3) is 6.08 Å². The van der Waals surface area contributed by atoms with Crippen LogP contribution in [0, 0.1) is 0 Å². The van der Waals surface area contributed by atoms with Crippen molar-refractivity contribution in [2.24, 2.45) is 0 Å². The van der Waals surface area contributed by atoms with Crippen LogP contribution in [0.15, 0.2) is 11.8 Å². The lowest BCUT2D eigenvalue weighted by Gasteiger charge is -2.22. The van der Waals surface area contributed by atoms with E-state index in [1.165, 1.54) is 0 Å². The first-order valence-corrected chi connectivity index (χ1v) is 3.96. The Morgan fingerprint density at radius 3 is 1.64 bits per heavy atom. The minimum absolute atomic E-state index is 0.176. The van der Waals surface area contributed by atoms with Gasteiger partial charge in [0.15, 0.2) is 0 Å². The van der Waals surface area contributed by atoms with E-state index in [4.69, 9.17) is 0 Å². The Bertz CT molecular complexity index is 135. The smallest absolute Gasteiger partial charge is 0.289 e. The lowest BCUT2D eigenvalue weighted by Crippen LogP contribution is -2.22. The molecule has 66 valence electrons. The predicted octanol–water partition coefficient (Wildman–Crippen LogP) is 2.85. The van der Waals surface area contributed by atoms with Gasteiger partial charge in [0.1, 0.15) is 0 Å². The average Bonchev–Trinajstić information content (AvgIpc) is 1.99. The summed E-state index contributed by atoms with van der Waals surface area (Å²) in [6.45, 7) is 6.80. The lowest BCUT2D eigenvalue weighted by atomic mass is 10.3. The van der Waals surface area contributed by atoms with E-state index >= 15 is 0 Å². The van der Waals surface area contributed by atoms with Gasteiger partial charge in [-0.15, -0.1) is 0 Å². The Balaban J connectivity index is 4.35. The summed E-state index contributed by atoms with van der Waals surface area (Å²) >= 11 is 0. The molecular formula is C8H15F2N. The van der Waals surface area contributed by atoms with Crippen LogP contribution in [-0.2, 0) is 0 Å². The van der Waals surface area contributed by atoms with Crippen molar-refractivity contribution in [3.63, 3.8) is 0 Å². The van der Waals surface area contributed by atoms with Gasteiger partial charge in [-0.05, 0) is 20.3 Å². The molecule has 0 aliphatic heterocycles. The van der Waals surface area contributed by atoms with Gasteiger partial charge in [-0.25, -0.2) is 0 Å². The fourth-order valence-corrected chi connectivity index (χ4v) is 1.08. The molecule has 0 atom stereocenters. The third kappa shape index (κ3) is 2.87. The maximum Gasteiger partial charge on any atom is 0.289 e. The molecule has 0 aromatic carbocycles. The van der Waals surface area contributed by atoms with Crippen molar-refractivity contribution in [2.45, 2.75) is 27.2 Å². The molecule has 1 nitrogen and oxygen atoms in total. The monoisotopic (exact) mass is 163 g/mol. The van der Waals surface area contributed by atoms with Crippen molar-refractivity contribution in [1.82, 2.24) is 4.90 Å². The molecule has 0 aromatic heterocycles. The average molecular weight is 163 g/mol. The van der Waals surface area contributed by atoms with E-state index < -0.39 is 6.08 Å². The second-order valence-electron chi connectivity index (χ2n) is 2.23. The summed E-state index contributed by atoms with van der Waals surface area (Å²) in [6, 6.07) is 0. The Morgan fingerprint density at radius 2 is 1.55 bits per heavy atom. The third-order valence-electron chi connectivity index (χ3n) is 1.70. The van der Waals surface area contributed by atoms with E-state index in [1.54, 1.807) is 11.8 Å². The normalized spacial score (nSPS) is 9.55. The van der Waals surface area contributed by atoms with Crippen LogP contribution >= 0.6 is 0 Å². The summed E-state index contributed by atoms with van der Waals surface area (Å²) in [5, 5.41) is 0. The summed E-state index contributed by atoms with van der Waals surface area (Å²) < 4.78 is 24.3. The second kappa shape index (κ2) is 5.10.